The molecular formula is C26H32N6O4. The second-order valence-electron chi connectivity index (χ2n) is 8.44. The van der Waals surface area contributed by atoms with Crippen molar-refractivity contribution in [3.8, 4) is 0 Å². The fourth-order valence-electron chi connectivity index (χ4n) is 3.04. The second kappa shape index (κ2) is 13.2. The van der Waals surface area contributed by atoms with Crippen LogP contribution in [0.4, 0.5) is 11.4 Å². The van der Waals surface area contributed by atoms with Gasteiger partial charge in [0.1, 0.15) is 13.2 Å². The molecule has 1 aliphatic rings. The monoisotopic (exact) mass is 492 g/mol. The fourth-order valence-corrected chi connectivity index (χ4v) is 3.04. The Hall–Kier alpha value is -4.02. The molecule has 1 aliphatic heterocycles. The lowest BCUT2D eigenvalue weighted by Crippen LogP contribution is -2.52. The van der Waals surface area contributed by atoms with Gasteiger partial charge < -0.3 is 14.9 Å². The zero-order valence-corrected chi connectivity index (χ0v) is 20.7. The minimum absolute atomic E-state index is 0.196. The Labute approximate surface area is 211 Å². The third-order valence-corrected chi connectivity index (χ3v) is 5.23. The van der Waals surface area contributed by atoms with Crippen LogP contribution in [0.3, 0.4) is 0 Å². The minimum Gasteiger partial charge on any atom is -0.457 e. The van der Waals surface area contributed by atoms with E-state index in [4.69, 9.17) is 9.47 Å². The first kappa shape index (κ1) is 26.6. The predicted octanol–water partition coefficient (Wildman–Crippen LogP) is 4.07. The Kier molecular flexibility index (Phi) is 9.73. The summed E-state index contributed by atoms with van der Waals surface area (Å²) in [5, 5.41) is 12.6. The Bertz CT molecular complexity index is 1090. The van der Waals surface area contributed by atoms with Crippen molar-refractivity contribution in [2.24, 2.45) is 10.3 Å². The maximum atomic E-state index is 11.5. The maximum Gasteiger partial charge on any atom is 0.333 e. The predicted molar refractivity (Wildman–Crippen MR) is 137 cm³/mol. The summed E-state index contributed by atoms with van der Waals surface area (Å²) >= 11 is 0. The van der Waals surface area contributed by atoms with Crippen LogP contribution in [-0.2, 0) is 32.3 Å². The zero-order valence-electron chi connectivity index (χ0n) is 20.7. The lowest BCUT2D eigenvalue weighted by atomic mass is 10.2. The number of hydrogen-bond donors (Lipinski definition) is 2. The van der Waals surface area contributed by atoms with Crippen molar-refractivity contribution in [1.82, 2.24) is 15.6 Å². The van der Waals surface area contributed by atoms with Crippen LogP contribution in [-0.4, -0.2) is 48.1 Å². The van der Waals surface area contributed by atoms with Crippen LogP contribution < -0.4 is 11.0 Å². The summed E-state index contributed by atoms with van der Waals surface area (Å²) in [5.41, 5.74) is 10.5. The summed E-state index contributed by atoms with van der Waals surface area (Å²) in [6, 6.07) is 15.0. The Morgan fingerprint density at radius 3 is 1.83 bits per heavy atom. The summed E-state index contributed by atoms with van der Waals surface area (Å²) in [7, 11) is 0. The van der Waals surface area contributed by atoms with Crippen LogP contribution in [0.1, 0.15) is 25.0 Å². The quantitative estimate of drug-likeness (QED) is 0.209. The molecule has 0 atom stereocenters. The van der Waals surface area contributed by atoms with Gasteiger partial charge in [-0.2, -0.15) is 5.53 Å². The van der Waals surface area contributed by atoms with E-state index in [-0.39, 0.29) is 13.2 Å². The summed E-state index contributed by atoms with van der Waals surface area (Å²) in [5.74, 6) is -0.798. The number of anilines is 1. The number of hydrazine groups is 2. The van der Waals surface area contributed by atoms with Crippen molar-refractivity contribution in [2.75, 3.05) is 31.6 Å². The van der Waals surface area contributed by atoms with Crippen LogP contribution in [0, 0.1) is 0 Å². The first-order valence-electron chi connectivity index (χ1n) is 11.6. The summed E-state index contributed by atoms with van der Waals surface area (Å²) in [6.45, 7) is 13.7. The minimum atomic E-state index is -0.403. The van der Waals surface area contributed by atoms with Crippen molar-refractivity contribution in [3.05, 3.63) is 84.0 Å². The third-order valence-electron chi connectivity index (χ3n) is 5.23. The van der Waals surface area contributed by atoms with Crippen molar-refractivity contribution < 1.29 is 19.1 Å². The smallest absolute Gasteiger partial charge is 0.333 e. The normalized spacial score (nSPS) is 13.9. The number of carbonyl (C=O) groups excluding carboxylic acids is 2. The SMILES string of the molecule is C=C(C)C(=O)OCc1ccc(N=NN2CCN(NNc3ccc(COC(=O)C(=C)C)cc3)CC2)cc1. The molecule has 0 aromatic heterocycles. The number of carbonyl (C=O) groups is 2. The molecule has 1 fully saturated rings. The highest BCUT2D eigenvalue weighted by Gasteiger charge is 2.15. The number of hydrogen-bond acceptors (Lipinski definition) is 9. The van der Waals surface area contributed by atoms with E-state index in [1.165, 1.54) is 0 Å². The standard InChI is InChI=1S/C26H32N6O4/c1-19(2)25(33)35-17-21-5-9-23(10-6-21)27-29-31-13-15-32(16-14-31)30-28-24-11-7-22(8-12-24)18-36-26(34)20(3)4/h5-12,27,29H,1,3,13-18H2,2,4H3. The van der Waals surface area contributed by atoms with Gasteiger partial charge in [0.25, 0.3) is 0 Å². The number of piperazine rings is 1. The average Bonchev–Trinajstić information content (AvgIpc) is 2.89. The number of esters is 2. The van der Waals surface area contributed by atoms with E-state index >= 15 is 0 Å². The number of rotatable bonds is 11. The van der Waals surface area contributed by atoms with Crippen LogP contribution in [0.2, 0.25) is 0 Å². The van der Waals surface area contributed by atoms with Gasteiger partial charge in [-0.3, -0.25) is 5.01 Å². The molecule has 0 bridgehead atoms. The number of nitrogens with one attached hydrogen (secondary N) is 2. The Morgan fingerprint density at radius 1 is 0.833 bits per heavy atom. The van der Waals surface area contributed by atoms with Crippen molar-refractivity contribution >= 4 is 23.3 Å². The molecule has 10 nitrogen and oxygen atoms in total. The average molecular weight is 493 g/mol. The number of ether oxygens (including phenoxy) is 2. The Morgan fingerprint density at radius 2 is 1.33 bits per heavy atom. The van der Waals surface area contributed by atoms with Crippen molar-refractivity contribution in [3.63, 3.8) is 0 Å². The molecule has 0 aliphatic carbocycles. The lowest BCUT2D eigenvalue weighted by Gasteiger charge is -2.32. The van der Waals surface area contributed by atoms with Gasteiger partial charge in [0, 0.05) is 24.2 Å². The highest BCUT2D eigenvalue weighted by molar-refractivity contribution is 5.87. The van der Waals surface area contributed by atoms with Gasteiger partial charge in [-0.25, -0.2) is 14.6 Å². The molecule has 3 rings (SSSR count). The third kappa shape index (κ3) is 8.64. The maximum absolute atomic E-state index is 11.5. The van der Waals surface area contributed by atoms with Crippen molar-refractivity contribution in [2.45, 2.75) is 27.1 Å². The van der Waals surface area contributed by atoms with E-state index < -0.39 is 11.9 Å². The molecule has 36 heavy (non-hydrogen) atoms. The van der Waals surface area contributed by atoms with Gasteiger partial charge >= 0.3 is 11.9 Å². The van der Waals surface area contributed by atoms with E-state index in [2.05, 4.69) is 39.5 Å². The summed E-state index contributed by atoms with van der Waals surface area (Å²) < 4.78 is 10.3. The van der Waals surface area contributed by atoms with Crippen LogP contribution >= 0.6 is 0 Å². The molecule has 1 heterocycles. The van der Waals surface area contributed by atoms with Gasteiger partial charge in [-0.15, -0.1) is 5.11 Å². The molecule has 0 saturated carbocycles. The van der Waals surface area contributed by atoms with Crippen LogP contribution in [0.5, 0.6) is 0 Å². The van der Waals surface area contributed by atoms with Gasteiger partial charge in [-0.1, -0.05) is 42.6 Å². The summed E-state index contributed by atoms with van der Waals surface area (Å²) in [4.78, 5) is 23.0. The van der Waals surface area contributed by atoms with Gasteiger partial charge in [0.15, 0.2) is 0 Å². The molecule has 0 unspecified atom stereocenters. The van der Waals surface area contributed by atoms with E-state index in [0.29, 0.717) is 11.1 Å². The molecule has 2 N–H and O–H groups in total. The van der Waals surface area contributed by atoms with E-state index in [1.807, 2.05) is 53.5 Å². The largest absolute Gasteiger partial charge is 0.457 e. The lowest BCUT2D eigenvalue weighted by molar-refractivity contribution is -0.141. The zero-order chi connectivity index (χ0) is 25.9. The highest BCUT2D eigenvalue weighted by atomic mass is 16.5. The molecule has 2 aromatic rings. The summed E-state index contributed by atoms with van der Waals surface area (Å²) in [6.07, 6.45) is 0. The number of benzene rings is 2. The number of nitrogens with zero attached hydrogens (tertiary/aromatic N) is 4. The van der Waals surface area contributed by atoms with Crippen LogP contribution in [0.25, 0.3) is 0 Å². The molecule has 2 aromatic carbocycles. The van der Waals surface area contributed by atoms with Gasteiger partial charge in [-0.05, 0) is 49.2 Å². The second-order valence-corrected chi connectivity index (χ2v) is 8.44. The Balaban J connectivity index is 1.36. The molecule has 190 valence electrons. The van der Waals surface area contributed by atoms with Gasteiger partial charge in [0.05, 0.1) is 24.5 Å². The molecule has 0 radical (unpaired) electrons. The highest BCUT2D eigenvalue weighted by Crippen LogP contribution is 2.16. The van der Waals surface area contributed by atoms with Crippen molar-refractivity contribution in [1.29, 1.82) is 0 Å². The molecular weight excluding hydrogens is 460 g/mol. The molecule has 10 heteroatoms. The van der Waals surface area contributed by atoms with E-state index in [0.717, 1.165) is 48.7 Å². The molecule has 0 amide bonds. The van der Waals surface area contributed by atoms with E-state index in [1.54, 1.807) is 13.8 Å². The fraction of sp³-hybridized carbons (Fsp3) is 0.308. The van der Waals surface area contributed by atoms with Gasteiger partial charge in [0.2, 0.25) is 0 Å². The molecule has 1 saturated heterocycles. The first-order chi connectivity index (χ1) is 17.3. The van der Waals surface area contributed by atoms with Crippen LogP contribution in [0.15, 0.2) is 83.2 Å². The molecule has 0 spiro atoms. The van der Waals surface area contributed by atoms with E-state index in [9.17, 15) is 9.59 Å². The topological polar surface area (TPSA) is 108 Å². The first-order valence-corrected chi connectivity index (χ1v) is 11.6.